The van der Waals surface area contributed by atoms with E-state index >= 15 is 0 Å². The highest BCUT2D eigenvalue weighted by Gasteiger charge is 2.06. The summed E-state index contributed by atoms with van der Waals surface area (Å²) in [6.07, 6.45) is 1.17. The van der Waals surface area contributed by atoms with E-state index in [0.29, 0.717) is 0 Å². The van der Waals surface area contributed by atoms with Crippen LogP contribution >= 0.6 is 0 Å². The molecule has 2 aromatic rings. The molecule has 0 amide bonds. The molecule has 20 heavy (non-hydrogen) atoms. The van der Waals surface area contributed by atoms with Gasteiger partial charge in [0.2, 0.25) is 0 Å². The van der Waals surface area contributed by atoms with Crippen molar-refractivity contribution in [2.24, 2.45) is 0 Å². The normalized spacial score (nSPS) is 12.5. The number of methoxy groups -OCH3 is 1. The van der Waals surface area contributed by atoms with Crippen molar-refractivity contribution in [3.63, 3.8) is 0 Å². The van der Waals surface area contributed by atoms with Gasteiger partial charge in [-0.1, -0.05) is 36.4 Å². The Hall–Kier alpha value is -1.58. The zero-order chi connectivity index (χ0) is 14.2. The fourth-order valence-corrected chi connectivity index (χ4v) is 2.20. The molecule has 2 rings (SSSR count). The van der Waals surface area contributed by atoms with E-state index in [-0.39, 0.29) is 6.10 Å². The van der Waals surface area contributed by atoms with Crippen molar-refractivity contribution in [1.29, 1.82) is 0 Å². The van der Waals surface area contributed by atoms with Gasteiger partial charge in [-0.3, -0.25) is 0 Å². The summed E-state index contributed by atoms with van der Waals surface area (Å²) in [5.74, 6) is 0.953. The Balaban J connectivity index is 1.88. The number of fused-ring (bicyclic) bond motifs is 1. The van der Waals surface area contributed by atoms with Crippen molar-refractivity contribution in [3.8, 4) is 5.75 Å². The summed E-state index contributed by atoms with van der Waals surface area (Å²) < 4.78 is 11.1. The molecular formula is C17H23NO2. The molecule has 0 radical (unpaired) electrons. The largest absolute Gasteiger partial charge is 0.489 e. The minimum atomic E-state index is 0.142. The molecule has 0 bridgehead atoms. The van der Waals surface area contributed by atoms with E-state index in [1.54, 1.807) is 7.11 Å². The highest BCUT2D eigenvalue weighted by Crippen LogP contribution is 2.25. The van der Waals surface area contributed by atoms with Crippen LogP contribution in [-0.2, 0) is 4.74 Å². The summed E-state index contributed by atoms with van der Waals surface area (Å²) in [7, 11) is 1.73. The van der Waals surface area contributed by atoms with Crippen LogP contribution in [0, 0.1) is 0 Å². The van der Waals surface area contributed by atoms with Gasteiger partial charge >= 0.3 is 0 Å². The van der Waals surface area contributed by atoms with Gasteiger partial charge in [-0.15, -0.1) is 0 Å². The number of hydrogen-bond acceptors (Lipinski definition) is 3. The summed E-state index contributed by atoms with van der Waals surface area (Å²) in [5.41, 5.74) is 0. The fourth-order valence-electron chi connectivity index (χ4n) is 2.20. The van der Waals surface area contributed by atoms with Gasteiger partial charge < -0.3 is 14.8 Å². The smallest absolute Gasteiger partial charge is 0.127 e. The van der Waals surface area contributed by atoms with Crippen molar-refractivity contribution in [1.82, 2.24) is 5.32 Å². The molecule has 1 N–H and O–H groups in total. The van der Waals surface area contributed by atoms with Crippen LogP contribution in [-0.4, -0.2) is 32.9 Å². The van der Waals surface area contributed by atoms with Crippen LogP contribution in [0.15, 0.2) is 42.5 Å². The molecular weight excluding hydrogens is 250 g/mol. The van der Waals surface area contributed by atoms with E-state index in [2.05, 4.69) is 30.4 Å². The Morgan fingerprint density at radius 2 is 1.90 bits per heavy atom. The molecule has 0 aromatic heterocycles. The maximum atomic E-state index is 6.04. The highest BCUT2D eigenvalue weighted by atomic mass is 16.5. The molecule has 1 unspecified atom stereocenters. The number of nitrogens with one attached hydrogen (secondary N) is 1. The van der Waals surface area contributed by atoms with Crippen LogP contribution in [0.4, 0.5) is 0 Å². The fraction of sp³-hybridized carbons (Fsp3) is 0.412. The Labute approximate surface area is 120 Å². The summed E-state index contributed by atoms with van der Waals surface area (Å²) in [6.45, 7) is 4.68. The Kier molecular flexibility index (Phi) is 5.84. The second kappa shape index (κ2) is 7.88. The lowest BCUT2D eigenvalue weighted by atomic mass is 10.1. The lowest BCUT2D eigenvalue weighted by Gasteiger charge is -2.17. The van der Waals surface area contributed by atoms with E-state index < -0.39 is 0 Å². The quantitative estimate of drug-likeness (QED) is 0.749. The average molecular weight is 273 g/mol. The zero-order valence-electron chi connectivity index (χ0n) is 12.3. The first-order valence-corrected chi connectivity index (χ1v) is 7.15. The van der Waals surface area contributed by atoms with Crippen molar-refractivity contribution in [3.05, 3.63) is 42.5 Å². The Bertz CT molecular complexity index is 522. The third-order valence-electron chi connectivity index (χ3n) is 3.21. The zero-order valence-corrected chi connectivity index (χ0v) is 12.3. The molecule has 1 atom stereocenters. The topological polar surface area (TPSA) is 30.5 Å². The van der Waals surface area contributed by atoms with E-state index in [4.69, 9.17) is 9.47 Å². The van der Waals surface area contributed by atoms with Crippen LogP contribution in [0.2, 0.25) is 0 Å². The summed E-state index contributed by atoms with van der Waals surface area (Å²) in [4.78, 5) is 0. The van der Waals surface area contributed by atoms with Crippen molar-refractivity contribution >= 4 is 10.8 Å². The molecule has 0 spiro atoms. The lowest BCUT2D eigenvalue weighted by Crippen LogP contribution is -2.30. The molecule has 0 aliphatic heterocycles. The van der Waals surface area contributed by atoms with Gasteiger partial charge in [0.1, 0.15) is 11.9 Å². The first-order valence-electron chi connectivity index (χ1n) is 7.15. The number of rotatable bonds is 8. The molecule has 3 nitrogen and oxygen atoms in total. The summed E-state index contributed by atoms with van der Waals surface area (Å²) in [5, 5.41) is 5.76. The molecule has 2 aromatic carbocycles. The third kappa shape index (κ3) is 4.22. The second-order valence-electron chi connectivity index (χ2n) is 4.96. The van der Waals surface area contributed by atoms with Crippen LogP contribution < -0.4 is 10.1 Å². The van der Waals surface area contributed by atoms with E-state index in [9.17, 15) is 0 Å². The number of ether oxygens (including phenoxy) is 2. The lowest BCUT2D eigenvalue weighted by molar-refractivity contribution is 0.188. The summed E-state index contributed by atoms with van der Waals surface area (Å²) in [6, 6.07) is 14.5. The van der Waals surface area contributed by atoms with Gasteiger partial charge in [-0.05, 0) is 31.3 Å². The minimum absolute atomic E-state index is 0.142. The van der Waals surface area contributed by atoms with Crippen molar-refractivity contribution in [2.45, 2.75) is 19.4 Å². The van der Waals surface area contributed by atoms with Gasteiger partial charge in [0.15, 0.2) is 0 Å². The van der Waals surface area contributed by atoms with Gasteiger partial charge in [-0.2, -0.15) is 0 Å². The molecule has 0 saturated carbocycles. The molecule has 0 aliphatic carbocycles. The van der Waals surface area contributed by atoms with Crippen LogP contribution in [0.3, 0.4) is 0 Å². The maximum Gasteiger partial charge on any atom is 0.127 e. The van der Waals surface area contributed by atoms with Crippen molar-refractivity contribution in [2.75, 3.05) is 26.8 Å². The maximum absolute atomic E-state index is 6.04. The Morgan fingerprint density at radius 3 is 2.75 bits per heavy atom. The molecule has 0 aliphatic rings. The average Bonchev–Trinajstić information content (AvgIpc) is 2.47. The van der Waals surface area contributed by atoms with Gasteiger partial charge in [-0.25, -0.2) is 0 Å². The molecule has 0 saturated heterocycles. The van der Waals surface area contributed by atoms with Crippen LogP contribution in [0.1, 0.15) is 13.3 Å². The first kappa shape index (κ1) is 14.8. The van der Waals surface area contributed by atoms with Crippen molar-refractivity contribution < 1.29 is 9.47 Å². The number of benzene rings is 2. The van der Waals surface area contributed by atoms with E-state index in [0.717, 1.165) is 31.9 Å². The molecule has 108 valence electrons. The minimum Gasteiger partial charge on any atom is -0.489 e. The number of hydrogen-bond donors (Lipinski definition) is 1. The van der Waals surface area contributed by atoms with E-state index in [1.807, 2.05) is 24.3 Å². The standard InChI is InChI=1S/C17H23NO2/c1-14(13-18-11-6-12-19-2)20-17-10-5-8-15-7-3-4-9-16(15)17/h3-5,7-10,14,18H,6,11-13H2,1-2H3. The first-order chi connectivity index (χ1) is 9.81. The second-order valence-corrected chi connectivity index (χ2v) is 4.96. The predicted octanol–water partition coefficient (Wildman–Crippen LogP) is 3.23. The van der Waals surface area contributed by atoms with E-state index in [1.165, 1.54) is 10.8 Å². The SMILES string of the molecule is COCCCNCC(C)Oc1cccc2ccccc12. The molecule has 0 heterocycles. The van der Waals surface area contributed by atoms with Crippen LogP contribution in [0.5, 0.6) is 5.75 Å². The molecule has 3 heteroatoms. The highest BCUT2D eigenvalue weighted by molar-refractivity contribution is 5.88. The van der Waals surface area contributed by atoms with Gasteiger partial charge in [0.25, 0.3) is 0 Å². The monoisotopic (exact) mass is 273 g/mol. The predicted molar refractivity (Wildman–Crippen MR) is 83.4 cm³/mol. The summed E-state index contributed by atoms with van der Waals surface area (Å²) >= 11 is 0. The van der Waals surface area contributed by atoms with Gasteiger partial charge in [0, 0.05) is 25.6 Å². The third-order valence-corrected chi connectivity index (χ3v) is 3.21. The Morgan fingerprint density at radius 1 is 1.10 bits per heavy atom. The van der Waals surface area contributed by atoms with Crippen LogP contribution in [0.25, 0.3) is 10.8 Å². The molecule has 0 fully saturated rings. The van der Waals surface area contributed by atoms with Gasteiger partial charge in [0.05, 0.1) is 0 Å².